The third-order valence-electron chi connectivity index (χ3n) is 2.70. The minimum Gasteiger partial charge on any atom is -0.490 e. The molecule has 100 valence electrons. The highest BCUT2D eigenvalue weighted by molar-refractivity contribution is 6.31. The molecule has 0 bridgehead atoms. The molecule has 0 aromatic carbocycles. The fourth-order valence-electron chi connectivity index (χ4n) is 1.83. The fraction of sp³-hybridized carbons (Fsp3) is 0.636. The fourth-order valence-corrected chi connectivity index (χ4v) is 2.09. The van der Waals surface area contributed by atoms with Gasteiger partial charge in [-0.05, 0) is 0 Å². The molecule has 0 aliphatic carbocycles. The summed E-state index contributed by atoms with van der Waals surface area (Å²) in [6.07, 6.45) is 0.376. The minimum absolute atomic E-state index is 0.00872. The van der Waals surface area contributed by atoms with Gasteiger partial charge in [0, 0.05) is 19.5 Å². The lowest BCUT2D eigenvalue weighted by Crippen LogP contribution is -2.37. The number of hydrogen-bond acceptors (Lipinski definition) is 6. The first-order valence-electron chi connectivity index (χ1n) is 5.80. The smallest absolute Gasteiger partial charge is 0.199 e. The molecule has 1 fully saturated rings. The van der Waals surface area contributed by atoms with Crippen LogP contribution in [0.15, 0.2) is 0 Å². The number of aliphatic hydroxyl groups is 1. The molecule has 0 radical (unpaired) electrons. The Balaban J connectivity index is 2.34. The van der Waals surface area contributed by atoms with E-state index in [0.29, 0.717) is 37.0 Å². The Morgan fingerprint density at radius 1 is 1.39 bits per heavy atom. The number of hydrogen-bond donors (Lipinski definition) is 1. The molecular formula is C11H16ClN3O3. The van der Waals surface area contributed by atoms with Gasteiger partial charge in [0.1, 0.15) is 5.82 Å². The van der Waals surface area contributed by atoms with E-state index in [-0.39, 0.29) is 11.8 Å². The number of aromatic nitrogens is 2. The van der Waals surface area contributed by atoms with E-state index in [1.807, 2.05) is 0 Å². The molecule has 0 saturated carbocycles. The van der Waals surface area contributed by atoms with Crippen molar-refractivity contribution in [2.45, 2.75) is 6.42 Å². The first kappa shape index (κ1) is 13.3. The van der Waals surface area contributed by atoms with Crippen molar-refractivity contribution in [3.8, 4) is 5.75 Å². The molecule has 2 rings (SSSR count). The zero-order valence-corrected chi connectivity index (χ0v) is 11.0. The van der Waals surface area contributed by atoms with Gasteiger partial charge in [0.2, 0.25) is 0 Å². The summed E-state index contributed by atoms with van der Waals surface area (Å²) < 4.78 is 10.6. The summed E-state index contributed by atoms with van der Waals surface area (Å²) in [5, 5.41) is 9.23. The molecular weight excluding hydrogens is 258 g/mol. The Morgan fingerprint density at radius 2 is 2.11 bits per heavy atom. The summed E-state index contributed by atoms with van der Waals surface area (Å²) in [4.78, 5) is 10.6. The minimum atomic E-state index is -0.00872. The molecule has 1 aromatic rings. The van der Waals surface area contributed by atoms with Gasteiger partial charge in [-0.15, -0.1) is 0 Å². The topological polar surface area (TPSA) is 67.7 Å². The molecule has 1 aromatic heterocycles. The third-order valence-corrected chi connectivity index (χ3v) is 2.96. The number of anilines is 1. The van der Waals surface area contributed by atoms with Crippen molar-refractivity contribution in [1.82, 2.24) is 9.97 Å². The number of halogens is 1. The lowest BCUT2D eigenvalue weighted by atomic mass is 10.3. The molecule has 1 aliphatic rings. The second-order valence-electron chi connectivity index (χ2n) is 3.86. The molecule has 1 aliphatic heterocycles. The van der Waals surface area contributed by atoms with Crippen molar-refractivity contribution in [3.05, 3.63) is 11.0 Å². The average molecular weight is 274 g/mol. The maximum atomic E-state index is 8.95. The van der Waals surface area contributed by atoms with Gasteiger partial charge in [-0.1, -0.05) is 11.6 Å². The van der Waals surface area contributed by atoms with E-state index < -0.39 is 0 Å². The van der Waals surface area contributed by atoms with E-state index in [1.165, 1.54) is 0 Å². The molecule has 0 spiro atoms. The predicted octanol–water partition coefficient (Wildman–Crippen LogP) is 0.510. The molecule has 0 amide bonds. The van der Waals surface area contributed by atoms with Crippen molar-refractivity contribution in [3.63, 3.8) is 0 Å². The Labute approximate surface area is 111 Å². The molecule has 2 heterocycles. The van der Waals surface area contributed by atoms with Crippen LogP contribution in [-0.4, -0.2) is 55.1 Å². The van der Waals surface area contributed by atoms with Gasteiger partial charge in [-0.2, -0.15) is 0 Å². The van der Waals surface area contributed by atoms with E-state index in [0.717, 1.165) is 13.1 Å². The van der Waals surface area contributed by atoms with Crippen LogP contribution in [0.2, 0.25) is 5.15 Å². The molecule has 1 saturated heterocycles. The number of rotatable bonds is 4. The van der Waals surface area contributed by atoms with E-state index in [2.05, 4.69) is 14.9 Å². The maximum Gasteiger partial charge on any atom is 0.199 e. The highest BCUT2D eigenvalue weighted by Gasteiger charge is 2.21. The van der Waals surface area contributed by atoms with E-state index in [1.54, 1.807) is 7.11 Å². The second-order valence-corrected chi connectivity index (χ2v) is 4.22. The summed E-state index contributed by atoms with van der Waals surface area (Å²) in [5.74, 6) is 1.66. The molecule has 0 unspecified atom stereocenters. The van der Waals surface area contributed by atoms with Crippen LogP contribution in [0, 0.1) is 0 Å². The lowest BCUT2D eigenvalue weighted by Gasteiger charge is -2.29. The third kappa shape index (κ3) is 2.82. The molecule has 7 heteroatoms. The Bertz CT molecular complexity index is 411. The second kappa shape index (κ2) is 6.17. The quantitative estimate of drug-likeness (QED) is 0.807. The highest BCUT2D eigenvalue weighted by Crippen LogP contribution is 2.32. The van der Waals surface area contributed by atoms with Crippen LogP contribution in [0.5, 0.6) is 5.75 Å². The van der Waals surface area contributed by atoms with E-state index >= 15 is 0 Å². The van der Waals surface area contributed by atoms with Crippen LogP contribution in [0.3, 0.4) is 0 Å². The number of nitrogens with zero attached hydrogens (tertiary/aromatic N) is 3. The first-order chi connectivity index (χ1) is 8.76. The van der Waals surface area contributed by atoms with Gasteiger partial charge in [0.05, 0.1) is 26.9 Å². The van der Waals surface area contributed by atoms with Gasteiger partial charge in [0.25, 0.3) is 0 Å². The average Bonchev–Trinajstić information content (AvgIpc) is 2.39. The van der Waals surface area contributed by atoms with Crippen LogP contribution in [0.25, 0.3) is 0 Å². The monoisotopic (exact) mass is 273 g/mol. The highest BCUT2D eigenvalue weighted by atomic mass is 35.5. The lowest BCUT2D eigenvalue weighted by molar-refractivity contribution is 0.122. The van der Waals surface area contributed by atoms with E-state index in [4.69, 9.17) is 26.2 Å². The number of aliphatic hydroxyl groups excluding tert-OH is 1. The van der Waals surface area contributed by atoms with Crippen molar-refractivity contribution < 1.29 is 14.6 Å². The summed E-state index contributed by atoms with van der Waals surface area (Å²) in [6, 6.07) is 0. The summed E-state index contributed by atoms with van der Waals surface area (Å²) in [5.41, 5.74) is 0. The predicted molar refractivity (Wildman–Crippen MR) is 67.4 cm³/mol. The largest absolute Gasteiger partial charge is 0.490 e. The Morgan fingerprint density at radius 3 is 2.72 bits per heavy atom. The Hall–Kier alpha value is -1.11. The van der Waals surface area contributed by atoms with Crippen molar-refractivity contribution in [2.75, 3.05) is 44.9 Å². The van der Waals surface area contributed by atoms with Crippen LogP contribution in [-0.2, 0) is 11.2 Å². The summed E-state index contributed by atoms with van der Waals surface area (Å²) in [7, 11) is 1.54. The summed E-state index contributed by atoms with van der Waals surface area (Å²) in [6.45, 7) is 2.77. The van der Waals surface area contributed by atoms with Crippen molar-refractivity contribution >= 4 is 17.4 Å². The number of ether oxygens (including phenoxy) is 2. The van der Waals surface area contributed by atoms with Crippen LogP contribution in [0.1, 0.15) is 5.82 Å². The van der Waals surface area contributed by atoms with Crippen LogP contribution >= 0.6 is 11.6 Å². The van der Waals surface area contributed by atoms with Crippen LogP contribution < -0.4 is 9.64 Å². The zero-order valence-electron chi connectivity index (χ0n) is 10.2. The zero-order chi connectivity index (χ0) is 13.0. The van der Waals surface area contributed by atoms with Crippen molar-refractivity contribution in [2.24, 2.45) is 0 Å². The normalized spacial score (nSPS) is 15.8. The van der Waals surface area contributed by atoms with Crippen molar-refractivity contribution in [1.29, 1.82) is 0 Å². The van der Waals surface area contributed by atoms with Gasteiger partial charge >= 0.3 is 0 Å². The van der Waals surface area contributed by atoms with E-state index in [9.17, 15) is 0 Å². The Kier molecular flexibility index (Phi) is 4.57. The molecule has 6 nitrogen and oxygen atoms in total. The molecule has 18 heavy (non-hydrogen) atoms. The summed E-state index contributed by atoms with van der Waals surface area (Å²) >= 11 is 6.07. The van der Waals surface area contributed by atoms with Crippen LogP contribution in [0.4, 0.5) is 5.82 Å². The standard InChI is InChI=1S/C11H16ClN3O3/c1-17-9-10(12)13-8(2-5-16)14-11(9)15-3-6-18-7-4-15/h16H,2-7H2,1H3. The SMILES string of the molecule is COc1c(Cl)nc(CCO)nc1N1CCOCC1. The first-order valence-corrected chi connectivity index (χ1v) is 6.18. The number of morpholine rings is 1. The van der Waals surface area contributed by atoms with Gasteiger partial charge in [-0.25, -0.2) is 9.97 Å². The molecule has 0 atom stereocenters. The van der Waals surface area contributed by atoms with Gasteiger partial charge < -0.3 is 19.5 Å². The molecule has 1 N–H and O–H groups in total. The maximum absolute atomic E-state index is 8.95. The number of methoxy groups -OCH3 is 1. The van der Waals surface area contributed by atoms with Gasteiger partial charge in [-0.3, -0.25) is 0 Å². The van der Waals surface area contributed by atoms with Gasteiger partial charge in [0.15, 0.2) is 16.7 Å².